The molecule has 3 heterocycles. The van der Waals surface area contributed by atoms with Gasteiger partial charge in [-0.3, -0.25) is 10.1 Å². The normalized spacial score (nSPS) is 18.2. The van der Waals surface area contributed by atoms with Gasteiger partial charge in [-0.1, -0.05) is 0 Å². The third-order valence-corrected chi connectivity index (χ3v) is 4.53. The molecule has 8 heteroatoms. The van der Waals surface area contributed by atoms with E-state index in [2.05, 4.69) is 38.5 Å². The Morgan fingerprint density at radius 1 is 1.42 bits per heavy atom. The summed E-state index contributed by atoms with van der Waals surface area (Å²) in [7, 11) is 0. The molecule has 0 amide bonds. The van der Waals surface area contributed by atoms with Gasteiger partial charge in [-0.25, -0.2) is 4.98 Å². The smallest absolute Gasteiger partial charge is 0.290 e. The van der Waals surface area contributed by atoms with Gasteiger partial charge in [0.1, 0.15) is 24.2 Å². The Hall–Kier alpha value is -2.51. The quantitative estimate of drug-likeness (QED) is 0.632. The molecule has 2 aromatic heterocycles. The van der Waals surface area contributed by atoms with Crippen LogP contribution < -0.4 is 4.90 Å². The molecule has 2 aromatic rings. The lowest BCUT2D eigenvalue weighted by Crippen LogP contribution is -2.36. The Morgan fingerprint density at radius 3 is 2.88 bits per heavy atom. The van der Waals surface area contributed by atoms with Crippen LogP contribution in [0.3, 0.4) is 0 Å². The van der Waals surface area contributed by atoms with Crippen molar-refractivity contribution >= 4 is 11.5 Å². The van der Waals surface area contributed by atoms with E-state index in [4.69, 9.17) is 0 Å². The summed E-state index contributed by atoms with van der Waals surface area (Å²) >= 11 is 0. The maximum atomic E-state index is 11.0. The van der Waals surface area contributed by atoms with Crippen molar-refractivity contribution in [2.24, 2.45) is 0 Å². The highest BCUT2D eigenvalue weighted by molar-refractivity contribution is 5.49. The van der Waals surface area contributed by atoms with E-state index in [0.29, 0.717) is 17.5 Å². The van der Waals surface area contributed by atoms with Crippen molar-refractivity contribution in [2.75, 3.05) is 18.0 Å². The first kappa shape index (κ1) is 16.4. The first-order valence-corrected chi connectivity index (χ1v) is 8.22. The van der Waals surface area contributed by atoms with E-state index in [1.54, 1.807) is 19.3 Å². The highest BCUT2D eigenvalue weighted by atomic mass is 16.6. The number of anilines is 1. The van der Waals surface area contributed by atoms with Gasteiger partial charge >= 0.3 is 0 Å². The second-order valence-corrected chi connectivity index (χ2v) is 6.56. The van der Waals surface area contributed by atoms with Gasteiger partial charge in [0.25, 0.3) is 5.69 Å². The van der Waals surface area contributed by atoms with Crippen molar-refractivity contribution in [2.45, 2.75) is 45.6 Å². The molecule has 24 heavy (non-hydrogen) atoms. The standard InChI is InChI=1S/C16H22N6O2/c1-11(2)21-10-18-19-16(21)13-5-4-6-20(9-13)15-7-12(3)14(8-17-15)22(23)24/h7-8,10-11,13H,4-6,9H2,1-3H3. The Kier molecular flexibility index (Phi) is 4.46. The zero-order valence-corrected chi connectivity index (χ0v) is 14.2. The molecule has 1 aliphatic heterocycles. The fraction of sp³-hybridized carbons (Fsp3) is 0.562. The highest BCUT2D eigenvalue weighted by Crippen LogP contribution is 2.30. The molecule has 3 rings (SSSR count). The van der Waals surface area contributed by atoms with Crippen molar-refractivity contribution < 1.29 is 4.92 Å². The van der Waals surface area contributed by atoms with Crippen LogP contribution in [-0.2, 0) is 0 Å². The largest absolute Gasteiger partial charge is 0.356 e. The highest BCUT2D eigenvalue weighted by Gasteiger charge is 2.27. The van der Waals surface area contributed by atoms with Crippen LogP contribution in [0.4, 0.5) is 11.5 Å². The fourth-order valence-corrected chi connectivity index (χ4v) is 3.24. The number of hydrogen-bond acceptors (Lipinski definition) is 6. The monoisotopic (exact) mass is 330 g/mol. The predicted molar refractivity (Wildman–Crippen MR) is 90.2 cm³/mol. The molecule has 0 N–H and O–H groups in total. The van der Waals surface area contributed by atoms with Crippen molar-refractivity contribution in [1.29, 1.82) is 0 Å². The molecule has 1 saturated heterocycles. The second kappa shape index (κ2) is 6.54. The van der Waals surface area contributed by atoms with Crippen LogP contribution >= 0.6 is 0 Å². The van der Waals surface area contributed by atoms with Gasteiger partial charge < -0.3 is 9.47 Å². The molecule has 0 spiro atoms. The van der Waals surface area contributed by atoms with Gasteiger partial charge in [-0.2, -0.15) is 0 Å². The molecule has 0 aromatic carbocycles. The Morgan fingerprint density at radius 2 is 2.21 bits per heavy atom. The summed E-state index contributed by atoms with van der Waals surface area (Å²) in [6.07, 6.45) is 5.24. The average Bonchev–Trinajstić information content (AvgIpc) is 3.04. The lowest BCUT2D eigenvalue weighted by Gasteiger charge is -2.33. The van der Waals surface area contributed by atoms with Crippen molar-refractivity contribution in [1.82, 2.24) is 19.7 Å². The molecular weight excluding hydrogens is 308 g/mol. The summed E-state index contributed by atoms with van der Waals surface area (Å²) in [5, 5.41) is 19.3. The molecule has 0 bridgehead atoms. The maximum Gasteiger partial charge on any atom is 0.290 e. The molecule has 0 radical (unpaired) electrons. The molecular formula is C16H22N6O2. The zero-order valence-electron chi connectivity index (χ0n) is 14.2. The summed E-state index contributed by atoms with van der Waals surface area (Å²) in [5.41, 5.74) is 0.698. The summed E-state index contributed by atoms with van der Waals surface area (Å²) < 4.78 is 2.11. The summed E-state index contributed by atoms with van der Waals surface area (Å²) in [6.45, 7) is 7.69. The predicted octanol–water partition coefficient (Wildman–Crippen LogP) is 2.85. The van der Waals surface area contributed by atoms with Crippen LogP contribution in [0, 0.1) is 17.0 Å². The van der Waals surface area contributed by atoms with E-state index in [1.807, 2.05) is 0 Å². The maximum absolute atomic E-state index is 11.0. The van der Waals surface area contributed by atoms with Crippen LogP contribution in [0.1, 0.15) is 50.0 Å². The van der Waals surface area contributed by atoms with Gasteiger partial charge in [0, 0.05) is 30.6 Å². The van der Waals surface area contributed by atoms with Gasteiger partial charge in [-0.15, -0.1) is 10.2 Å². The number of aromatic nitrogens is 4. The van der Waals surface area contributed by atoms with E-state index < -0.39 is 4.92 Å². The van der Waals surface area contributed by atoms with Crippen LogP contribution in [-0.4, -0.2) is 37.8 Å². The Bertz CT molecular complexity index is 742. The minimum absolute atomic E-state index is 0.0619. The minimum atomic E-state index is -0.393. The molecule has 0 aliphatic carbocycles. The summed E-state index contributed by atoms with van der Waals surface area (Å²) in [6, 6.07) is 2.12. The molecule has 1 aliphatic rings. The van der Waals surface area contributed by atoms with Gasteiger partial charge in [0.15, 0.2) is 0 Å². The van der Waals surface area contributed by atoms with E-state index in [1.165, 1.54) is 6.20 Å². The van der Waals surface area contributed by atoms with Gasteiger partial charge in [0.05, 0.1) is 4.92 Å². The first-order valence-electron chi connectivity index (χ1n) is 8.22. The topological polar surface area (TPSA) is 90.0 Å². The fourth-order valence-electron chi connectivity index (χ4n) is 3.24. The van der Waals surface area contributed by atoms with E-state index in [9.17, 15) is 10.1 Å². The summed E-state index contributed by atoms with van der Waals surface area (Å²) in [4.78, 5) is 17.0. The van der Waals surface area contributed by atoms with Crippen molar-refractivity contribution in [3.8, 4) is 0 Å². The number of piperidine rings is 1. The molecule has 1 atom stereocenters. The molecule has 128 valence electrons. The van der Waals surface area contributed by atoms with E-state index in [0.717, 1.165) is 37.6 Å². The molecule has 8 nitrogen and oxygen atoms in total. The third-order valence-electron chi connectivity index (χ3n) is 4.53. The number of pyridine rings is 1. The van der Waals surface area contributed by atoms with E-state index >= 15 is 0 Å². The Balaban J connectivity index is 1.82. The lowest BCUT2D eigenvalue weighted by molar-refractivity contribution is -0.385. The number of rotatable bonds is 4. The number of aryl methyl sites for hydroxylation is 1. The minimum Gasteiger partial charge on any atom is -0.356 e. The van der Waals surface area contributed by atoms with Crippen molar-refractivity contribution in [3.05, 3.63) is 40.1 Å². The van der Waals surface area contributed by atoms with Crippen LogP contribution in [0.25, 0.3) is 0 Å². The number of nitro groups is 1. The third kappa shape index (κ3) is 3.08. The van der Waals surface area contributed by atoms with Crippen LogP contribution in [0.2, 0.25) is 0 Å². The summed E-state index contributed by atoms with van der Waals surface area (Å²) in [5.74, 6) is 2.09. The average molecular weight is 330 g/mol. The zero-order chi connectivity index (χ0) is 17.3. The van der Waals surface area contributed by atoms with E-state index in [-0.39, 0.29) is 5.69 Å². The molecule has 1 fully saturated rings. The van der Waals surface area contributed by atoms with Crippen LogP contribution in [0.15, 0.2) is 18.6 Å². The molecule has 1 unspecified atom stereocenters. The second-order valence-electron chi connectivity index (χ2n) is 6.56. The Labute approximate surface area is 140 Å². The number of nitrogens with zero attached hydrogens (tertiary/aromatic N) is 6. The lowest BCUT2D eigenvalue weighted by atomic mass is 9.96. The number of hydrogen-bond donors (Lipinski definition) is 0. The SMILES string of the molecule is Cc1cc(N2CCCC(c3nncn3C(C)C)C2)ncc1[N+](=O)[O-]. The van der Waals surface area contributed by atoms with Crippen LogP contribution in [0.5, 0.6) is 0 Å². The van der Waals surface area contributed by atoms with Gasteiger partial charge in [0.2, 0.25) is 0 Å². The first-order chi connectivity index (χ1) is 11.5. The van der Waals surface area contributed by atoms with Gasteiger partial charge in [-0.05, 0) is 39.7 Å². The molecule has 0 saturated carbocycles. The van der Waals surface area contributed by atoms with Crippen molar-refractivity contribution in [3.63, 3.8) is 0 Å².